The number of aromatic nitrogens is 1. The van der Waals surface area contributed by atoms with Gasteiger partial charge in [0, 0.05) is 52.2 Å². The fourth-order valence-corrected chi connectivity index (χ4v) is 2.56. The number of nitrogens with zero attached hydrogens (tertiary/aromatic N) is 2. The quantitative estimate of drug-likeness (QED) is 0.630. The van der Waals surface area contributed by atoms with Crippen LogP contribution in [0.5, 0.6) is 0 Å². The summed E-state index contributed by atoms with van der Waals surface area (Å²) in [5, 5.41) is 6.55. The van der Waals surface area contributed by atoms with Crippen molar-refractivity contribution in [1.82, 2.24) is 15.6 Å². The second-order valence-electron chi connectivity index (χ2n) is 7.15. The van der Waals surface area contributed by atoms with Gasteiger partial charge in [-0.15, -0.1) is 0 Å². The zero-order valence-corrected chi connectivity index (χ0v) is 15.4. The Balaban J connectivity index is 1.85. The summed E-state index contributed by atoms with van der Waals surface area (Å²) in [5.41, 5.74) is -0.239. The summed E-state index contributed by atoms with van der Waals surface area (Å²) in [4.78, 5) is 8.56. The molecule has 0 aliphatic carbocycles. The molecule has 0 spiro atoms. The molecule has 2 N–H and O–H groups in total. The van der Waals surface area contributed by atoms with Crippen LogP contribution in [0.4, 0.5) is 0 Å². The summed E-state index contributed by atoms with van der Waals surface area (Å²) in [6.07, 6.45) is 3.54. The first kappa shape index (κ1) is 18.7. The van der Waals surface area contributed by atoms with E-state index < -0.39 is 0 Å². The van der Waals surface area contributed by atoms with Gasteiger partial charge in [0.1, 0.15) is 5.76 Å². The standard InChI is InChI=1S/C17H30N4O3/c1-16(2,3)13-10-19-14(24-13)11-20-15(18-4)21-12-17(22-5)6-8-23-9-7-17/h10H,6-9,11-12H2,1-5H3,(H2,18,20,21). The summed E-state index contributed by atoms with van der Waals surface area (Å²) in [6.45, 7) is 8.93. The van der Waals surface area contributed by atoms with Crippen LogP contribution in [0.3, 0.4) is 0 Å². The Bertz CT molecular complexity index is 542. The van der Waals surface area contributed by atoms with E-state index in [9.17, 15) is 0 Å². The summed E-state index contributed by atoms with van der Waals surface area (Å²) in [7, 11) is 3.50. The molecule has 0 atom stereocenters. The maximum Gasteiger partial charge on any atom is 0.213 e. The van der Waals surface area contributed by atoms with Crippen LogP contribution in [-0.4, -0.2) is 50.5 Å². The van der Waals surface area contributed by atoms with Gasteiger partial charge in [-0.3, -0.25) is 4.99 Å². The summed E-state index contributed by atoms with van der Waals surface area (Å²) >= 11 is 0. The molecule has 1 aromatic rings. The predicted molar refractivity (Wildman–Crippen MR) is 93.2 cm³/mol. The number of hydrogen-bond donors (Lipinski definition) is 2. The van der Waals surface area contributed by atoms with Crippen LogP contribution in [-0.2, 0) is 21.4 Å². The van der Waals surface area contributed by atoms with E-state index in [0.29, 0.717) is 24.9 Å². The Morgan fingerprint density at radius 2 is 2.04 bits per heavy atom. The van der Waals surface area contributed by atoms with Crippen molar-refractivity contribution in [3.63, 3.8) is 0 Å². The average Bonchev–Trinajstić information content (AvgIpc) is 3.05. The Morgan fingerprint density at radius 3 is 2.58 bits per heavy atom. The lowest BCUT2D eigenvalue weighted by Crippen LogP contribution is -2.50. The van der Waals surface area contributed by atoms with Gasteiger partial charge in [-0.25, -0.2) is 4.98 Å². The van der Waals surface area contributed by atoms with Gasteiger partial charge in [-0.1, -0.05) is 20.8 Å². The number of oxazole rings is 1. The van der Waals surface area contributed by atoms with Crippen molar-refractivity contribution in [1.29, 1.82) is 0 Å². The molecule has 0 radical (unpaired) electrons. The lowest BCUT2D eigenvalue weighted by atomic mass is 9.94. The molecule has 0 saturated carbocycles. The van der Waals surface area contributed by atoms with Crippen molar-refractivity contribution in [2.45, 2.75) is 51.2 Å². The number of methoxy groups -OCH3 is 1. The molecule has 1 aromatic heterocycles. The van der Waals surface area contributed by atoms with E-state index in [1.54, 1.807) is 20.4 Å². The van der Waals surface area contributed by atoms with Crippen LogP contribution < -0.4 is 10.6 Å². The number of ether oxygens (including phenoxy) is 2. The van der Waals surface area contributed by atoms with Crippen LogP contribution in [0.1, 0.15) is 45.3 Å². The van der Waals surface area contributed by atoms with Crippen molar-refractivity contribution >= 4 is 5.96 Å². The maximum absolute atomic E-state index is 5.78. The van der Waals surface area contributed by atoms with E-state index in [1.165, 1.54) is 0 Å². The Morgan fingerprint density at radius 1 is 1.33 bits per heavy atom. The first-order chi connectivity index (χ1) is 11.4. The highest BCUT2D eigenvalue weighted by atomic mass is 16.5. The minimum atomic E-state index is -0.196. The number of aliphatic imine (C=N–C) groups is 1. The highest BCUT2D eigenvalue weighted by Gasteiger charge is 2.32. The van der Waals surface area contributed by atoms with Gasteiger partial charge in [0.25, 0.3) is 0 Å². The van der Waals surface area contributed by atoms with E-state index in [1.807, 2.05) is 0 Å². The Labute approximate surface area is 144 Å². The highest BCUT2D eigenvalue weighted by Crippen LogP contribution is 2.24. The molecule has 1 fully saturated rings. The monoisotopic (exact) mass is 338 g/mol. The molecule has 7 heteroatoms. The molecule has 2 heterocycles. The third-order valence-electron chi connectivity index (χ3n) is 4.34. The SMILES string of the molecule is CN=C(NCc1ncc(C(C)(C)C)o1)NCC1(OC)CCOCC1. The Hall–Kier alpha value is -1.60. The zero-order valence-electron chi connectivity index (χ0n) is 15.4. The van der Waals surface area contributed by atoms with Crippen molar-refractivity contribution in [2.24, 2.45) is 4.99 Å². The molecule has 1 saturated heterocycles. The third-order valence-corrected chi connectivity index (χ3v) is 4.34. The normalized spacial score (nSPS) is 18.5. The second-order valence-corrected chi connectivity index (χ2v) is 7.15. The fraction of sp³-hybridized carbons (Fsp3) is 0.765. The number of guanidine groups is 1. The molecule has 0 aromatic carbocycles. The molecule has 0 unspecified atom stereocenters. The number of nitrogens with one attached hydrogen (secondary N) is 2. The Kier molecular flexibility index (Phi) is 6.23. The molecule has 7 nitrogen and oxygen atoms in total. The lowest BCUT2D eigenvalue weighted by Gasteiger charge is -2.36. The predicted octanol–water partition coefficient (Wildman–Crippen LogP) is 1.83. The molecule has 0 amide bonds. The maximum atomic E-state index is 5.78. The lowest BCUT2D eigenvalue weighted by molar-refractivity contribution is -0.0855. The molecule has 136 valence electrons. The molecule has 24 heavy (non-hydrogen) atoms. The van der Waals surface area contributed by atoms with Crippen LogP contribution in [0, 0.1) is 0 Å². The minimum Gasteiger partial charge on any atom is -0.443 e. The van der Waals surface area contributed by atoms with Gasteiger partial charge in [0.05, 0.1) is 18.3 Å². The van der Waals surface area contributed by atoms with Gasteiger partial charge in [-0.05, 0) is 0 Å². The largest absolute Gasteiger partial charge is 0.443 e. The average molecular weight is 338 g/mol. The second kappa shape index (κ2) is 7.98. The summed E-state index contributed by atoms with van der Waals surface area (Å²) in [5.74, 6) is 2.23. The van der Waals surface area contributed by atoms with Crippen LogP contribution in [0.2, 0.25) is 0 Å². The smallest absolute Gasteiger partial charge is 0.213 e. The molecule has 0 bridgehead atoms. The molecule has 1 aliphatic heterocycles. The fourth-order valence-electron chi connectivity index (χ4n) is 2.56. The first-order valence-corrected chi connectivity index (χ1v) is 8.41. The molecule has 1 aliphatic rings. The van der Waals surface area contributed by atoms with E-state index in [-0.39, 0.29) is 11.0 Å². The summed E-state index contributed by atoms with van der Waals surface area (Å²) < 4.78 is 16.9. The molecular formula is C17H30N4O3. The topological polar surface area (TPSA) is 80.9 Å². The van der Waals surface area contributed by atoms with Crippen molar-refractivity contribution in [2.75, 3.05) is 33.9 Å². The molecule has 2 rings (SSSR count). The van der Waals surface area contributed by atoms with Crippen LogP contribution in [0.15, 0.2) is 15.6 Å². The van der Waals surface area contributed by atoms with Crippen LogP contribution >= 0.6 is 0 Å². The van der Waals surface area contributed by atoms with Crippen molar-refractivity contribution < 1.29 is 13.9 Å². The number of hydrogen-bond acceptors (Lipinski definition) is 5. The van der Waals surface area contributed by atoms with Gasteiger partial charge in [0.15, 0.2) is 5.96 Å². The third kappa shape index (κ3) is 4.95. The van der Waals surface area contributed by atoms with Gasteiger partial charge in [-0.2, -0.15) is 0 Å². The van der Waals surface area contributed by atoms with Gasteiger partial charge >= 0.3 is 0 Å². The van der Waals surface area contributed by atoms with Gasteiger partial charge in [0.2, 0.25) is 5.89 Å². The summed E-state index contributed by atoms with van der Waals surface area (Å²) in [6, 6.07) is 0. The molecular weight excluding hydrogens is 308 g/mol. The number of rotatable bonds is 5. The van der Waals surface area contributed by atoms with Crippen molar-refractivity contribution in [3.05, 3.63) is 17.8 Å². The van der Waals surface area contributed by atoms with Crippen LogP contribution in [0.25, 0.3) is 0 Å². The van der Waals surface area contributed by atoms with E-state index >= 15 is 0 Å². The highest BCUT2D eigenvalue weighted by molar-refractivity contribution is 5.79. The van der Waals surface area contributed by atoms with E-state index in [4.69, 9.17) is 13.9 Å². The van der Waals surface area contributed by atoms with E-state index in [2.05, 4.69) is 41.4 Å². The first-order valence-electron chi connectivity index (χ1n) is 8.41. The zero-order chi connectivity index (χ0) is 17.6. The van der Waals surface area contributed by atoms with Gasteiger partial charge < -0.3 is 24.5 Å². The minimum absolute atomic E-state index is 0.0426. The van der Waals surface area contributed by atoms with Crippen molar-refractivity contribution in [3.8, 4) is 0 Å². The van der Waals surface area contributed by atoms with E-state index in [0.717, 1.165) is 31.8 Å².